The van der Waals surface area contributed by atoms with Gasteiger partial charge in [0.1, 0.15) is 12.4 Å². The van der Waals surface area contributed by atoms with Gasteiger partial charge in [0.25, 0.3) is 0 Å². The molecule has 2 aromatic carbocycles. The number of hydrogen-bond acceptors (Lipinski definition) is 2. The highest BCUT2D eigenvalue weighted by Crippen LogP contribution is 2.16. The molecule has 2 aromatic rings. The molecule has 4 heteroatoms. The summed E-state index contributed by atoms with van der Waals surface area (Å²) in [4.78, 5) is 11.7. The molecule has 3 nitrogen and oxygen atoms in total. The van der Waals surface area contributed by atoms with Gasteiger partial charge in [0.2, 0.25) is 5.91 Å². The van der Waals surface area contributed by atoms with Crippen molar-refractivity contribution in [3.63, 3.8) is 0 Å². The summed E-state index contributed by atoms with van der Waals surface area (Å²) in [5.41, 5.74) is 2.00. The molecule has 1 amide bonds. The Labute approximate surface area is 135 Å². The van der Waals surface area contributed by atoms with Crippen LogP contribution in [0.3, 0.4) is 0 Å². The van der Waals surface area contributed by atoms with Crippen LogP contribution in [-0.2, 0) is 4.79 Å². The number of carbonyl (C=O) groups excluding carboxylic acids is 1. The van der Waals surface area contributed by atoms with E-state index in [9.17, 15) is 4.79 Å². The van der Waals surface area contributed by atoms with Crippen LogP contribution >= 0.6 is 11.6 Å². The van der Waals surface area contributed by atoms with Crippen LogP contribution in [0.25, 0.3) is 6.08 Å². The first-order chi connectivity index (χ1) is 10.6. The monoisotopic (exact) mass is 315 g/mol. The van der Waals surface area contributed by atoms with E-state index in [1.165, 1.54) is 11.6 Å². The van der Waals surface area contributed by atoms with E-state index in [1.54, 1.807) is 12.1 Å². The fourth-order valence-electron chi connectivity index (χ4n) is 1.81. The molecule has 0 bridgehead atoms. The molecule has 22 heavy (non-hydrogen) atoms. The van der Waals surface area contributed by atoms with Crippen molar-refractivity contribution in [2.75, 3.05) is 13.2 Å². The zero-order valence-electron chi connectivity index (χ0n) is 12.4. The number of halogens is 1. The fraction of sp³-hybridized carbons (Fsp3) is 0.167. The molecule has 0 spiro atoms. The summed E-state index contributed by atoms with van der Waals surface area (Å²) >= 11 is 6.01. The molecule has 0 saturated carbocycles. The molecule has 0 radical (unpaired) electrons. The third kappa shape index (κ3) is 5.26. The largest absolute Gasteiger partial charge is 0.492 e. The summed E-state index contributed by atoms with van der Waals surface area (Å²) in [6.45, 7) is 2.89. The minimum atomic E-state index is -0.174. The Kier molecular flexibility index (Phi) is 6.04. The van der Waals surface area contributed by atoms with Crippen molar-refractivity contribution in [1.29, 1.82) is 0 Å². The van der Waals surface area contributed by atoms with Gasteiger partial charge in [-0.05, 0) is 36.8 Å². The zero-order valence-corrected chi connectivity index (χ0v) is 13.1. The Morgan fingerprint density at radius 2 is 1.91 bits per heavy atom. The summed E-state index contributed by atoms with van der Waals surface area (Å²) in [6.07, 6.45) is 3.16. The molecule has 1 N–H and O–H groups in total. The molecule has 2 rings (SSSR count). The highest BCUT2D eigenvalue weighted by molar-refractivity contribution is 6.32. The van der Waals surface area contributed by atoms with Gasteiger partial charge in [0.15, 0.2) is 0 Å². The van der Waals surface area contributed by atoms with Crippen molar-refractivity contribution >= 4 is 23.6 Å². The Morgan fingerprint density at radius 1 is 1.18 bits per heavy atom. The van der Waals surface area contributed by atoms with Gasteiger partial charge in [-0.1, -0.05) is 47.5 Å². The van der Waals surface area contributed by atoms with Crippen LogP contribution in [0.2, 0.25) is 5.02 Å². The average molecular weight is 316 g/mol. The van der Waals surface area contributed by atoms with Crippen LogP contribution < -0.4 is 10.1 Å². The molecule has 0 aliphatic heterocycles. The van der Waals surface area contributed by atoms with E-state index in [2.05, 4.69) is 5.32 Å². The number of rotatable bonds is 6. The van der Waals surface area contributed by atoms with Crippen molar-refractivity contribution in [3.8, 4) is 5.75 Å². The average Bonchev–Trinajstić information content (AvgIpc) is 2.52. The van der Waals surface area contributed by atoms with E-state index >= 15 is 0 Å². The summed E-state index contributed by atoms with van der Waals surface area (Å²) in [7, 11) is 0. The second-order valence-corrected chi connectivity index (χ2v) is 5.21. The Hall–Kier alpha value is -2.26. The predicted octanol–water partition coefficient (Wildman–Crippen LogP) is 3.86. The lowest BCUT2D eigenvalue weighted by atomic mass is 10.2. The first-order valence-corrected chi connectivity index (χ1v) is 7.43. The van der Waals surface area contributed by atoms with Gasteiger partial charge in [-0.15, -0.1) is 0 Å². The standard InChI is InChI=1S/C18H18ClNO2/c1-14-6-9-16(10-7-14)22-13-12-20-18(21)11-8-15-4-2-3-5-17(15)19/h2-11H,12-13H2,1H3,(H,20,21)/b11-8+. The highest BCUT2D eigenvalue weighted by Gasteiger charge is 1.98. The SMILES string of the molecule is Cc1ccc(OCCNC(=O)/C=C/c2ccccc2Cl)cc1. The first-order valence-electron chi connectivity index (χ1n) is 7.05. The van der Waals surface area contributed by atoms with E-state index in [4.69, 9.17) is 16.3 Å². The lowest BCUT2D eigenvalue weighted by Gasteiger charge is -2.06. The van der Waals surface area contributed by atoms with Gasteiger partial charge in [-0.25, -0.2) is 0 Å². The third-order valence-electron chi connectivity index (χ3n) is 3.01. The molecular weight excluding hydrogens is 298 g/mol. The number of amides is 1. The van der Waals surface area contributed by atoms with Gasteiger partial charge in [-0.2, -0.15) is 0 Å². The van der Waals surface area contributed by atoms with Crippen molar-refractivity contribution in [2.45, 2.75) is 6.92 Å². The number of aryl methyl sites for hydroxylation is 1. The maximum Gasteiger partial charge on any atom is 0.244 e. The second kappa shape index (κ2) is 8.25. The maximum atomic E-state index is 11.7. The van der Waals surface area contributed by atoms with Crippen LogP contribution in [0, 0.1) is 6.92 Å². The molecule has 0 aliphatic rings. The normalized spacial score (nSPS) is 10.6. The summed E-state index contributed by atoms with van der Waals surface area (Å²) < 4.78 is 5.53. The Balaban J connectivity index is 1.72. The second-order valence-electron chi connectivity index (χ2n) is 4.81. The minimum absolute atomic E-state index is 0.174. The molecule has 0 aromatic heterocycles. The van der Waals surface area contributed by atoms with E-state index < -0.39 is 0 Å². The Morgan fingerprint density at radius 3 is 2.64 bits per heavy atom. The van der Waals surface area contributed by atoms with Crippen molar-refractivity contribution < 1.29 is 9.53 Å². The van der Waals surface area contributed by atoms with Crippen LogP contribution in [0.15, 0.2) is 54.6 Å². The van der Waals surface area contributed by atoms with E-state index in [1.807, 2.05) is 49.4 Å². The predicted molar refractivity (Wildman–Crippen MR) is 90.2 cm³/mol. The number of hydrogen-bond donors (Lipinski definition) is 1. The van der Waals surface area contributed by atoms with Crippen LogP contribution in [0.1, 0.15) is 11.1 Å². The minimum Gasteiger partial charge on any atom is -0.492 e. The molecular formula is C18H18ClNO2. The number of benzene rings is 2. The van der Waals surface area contributed by atoms with E-state index in [0.29, 0.717) is 18.2 Å². The van der Waals surface area contributed by atoms with Gasteiger partial charge in [-0.3, -0.25) is 4.79 Å². The summed E-state index contributed by atoms with van der Waals surface area (Å²) in [6, 6.07) is 15.2. The third-order valence-corrected chi connectivity index (χ3v) is 3.35. The molecule has 0 atom stereocenters. The lowest BCUT2D eigenvalue weighted by Crippen LogP contribution is -2.26. The molecule has 0 fully saturated rings. The molecule has 0 aliphatic carbocycles. The smallest absolute Gasteiger partial charge is 0.244 e. The summed E-state index contributed by atoms with van der Waals surface area (Å²) in [5, 5.41) is 3.38. The van der Waals surface area contributed by atoms with E-state index in [-0.39, 0.29) is 5.91 Å². The lowest BCUT2D eigenvalue weighted by molar-refractivity contribution is -0.116. The number of ether oxygens (including phenoxy) is 1. The number of carbonyl (C=O) groups is 1. The van der Waals surface area contributed by atoms with Crippen LogP contribution in [0.5, 0.6) is 5.75 Å². The van der Waals surface area contributed by atoms with E-state index in [0.717, 1.165) is 11.3 Å². The fourth-order valence-corrected chi connectivity index (χ4v) is 2.01. The van der Waals surface area contributed by atoms with Gasteiger partial charge in [0, 0.05) is 11.1 Å². The highest BCUT2D eigenvalue weighted by atomic mass is 35.5. The number of nitrogens with one attached hydrogen (secondary N) is 1. The van der Waals surface area contributed by atoms with Gasteiger partial charge >= 0.3 is 0 Å². The molecule has 0 heterocycles. The summed E-state index contributed by atoms with van der Waals surface area (Å²) in [5.74, 6) is 0.624. The quantitative estimate of drug-likeness (QED) is 0.649. The van der Waals surface area contributed by atoms with Crippen LogP contribution in [-0.4, -0.2) is 19.1 Å². The molecule has 0 saturated heterocycles. The maximum absolute atomic E-state index is 11.7. The topological polar surface area (TPSA) is 38.3 Å². The van der Waals surface area contributed by atoms with Crippen LogP contribution in [0.4, 0.5) is 0 Å². The van der Waals surface area contributed by atoms with Gasteiger partial charge in [0.05, 0.1) is 6.54 Å². The molecule has 0 unspecified atom stereocenters. The zero-order chi connectivity index (χ0) is 15.8. The van der Waals surface area contributed by atoms with Crippen molar-refractivity contribution in [1.82, 2.24) is 5.32 Å². The molecule has 114 valence electrons. The van der Waals surface area contributed by atoms with Crippen molar-refractivity contribution in [3.05, 3.63) is 70.8 Å². The van der Waals surface area contributed by atoms with Gasteiger partial charge < -0.3 is 10.1 Å². The van der Waals surface area contributed by atoms with Crippen molar-refractivity contribution in [2.24, 2.45) is 0 Å². The first kappa shape index (κ1) is 16.1. The Bertz CT molecular complexity index is 650.